The Labute approximate surface area is 121 Å². The summed E-state index contributed by atoms with van der Waals surface area (Å²) in [7, 11) is 0. The second kappa shape index (κ2) is 4.92. The van der Waals surface area contributed by atoms with E-state index in [1.807, 2.05) is 0 Å². The monoisotopic (exact) mass is 268 g/mol. The molecule has 4 rings (SSSR count). The first kappa shape index (κ1) is 12.5. The third-order valence-corrected chi connectivity index (χ3v) is 5.36. The molecular formula is C18H24N2. The van der Waals surface area contributed by atoms with Gasteiger partial charge in [-0.25, -0.2) is 0 Å². The van der Waals surface area contributed by atoms with E-state index in [-0.39, 0.29) is 0 Å². The molecule has 2 aliphatic rings. The maximum absolute atomic E-state index is 6.35. The Morgan fingerprint density at radius 2 is 2.05 bits per heavy atom. The van der Waals surface area contributed by atoms with Gasteiger partial charge in [0.05, 0.1) is 5.52 Å². The average molecular weight is 268 g/mol. The fourth-order valence-electron chi connectivity index (χ4n) is 4.26. The molecule has 1 aromatic carbocycles. The van der Waals surface area contributed by atoms with Crippen LogP contribution in [0, 0.1) is 5.92 Å². The minimum atomic E-state index is 0.412. The number of hydrogen-bond acceptors (Lipinski definition) is 1. The normalized spacial score (nSPS) is 26.1. The van der Waals surface area contributed by atoms with E-state index in [1.54, 1.807) is 0 Å². The highest BCUT2D eigenvalue weighted by Crippen LogP contribution is 2.33. The lowest BCUT2D eigenvalue weighted by Gasteiger charge is -2.28. The Bertz CT molecular complexity index is 626. The third kappa shape index (κ3) is 1.98. The Morgan fingerprint density at radius 3 is 2.95 bits per heavy atom. The summed E-state index contributed by atoms with van der Waals surface area (Å²) in [6, 6.07) is 7.26. The Hall–Kier alpha value is -1.28. The standard InChI is InChI=1S/C18H24N2/c19-17-9-2-1-5-14(17)11-15-12-20-10-4-7-13-6-3-8-16(15)18(13)20/h3,6,8,12,14,17H,1-2,4-5,7,9-11,19H2. The Balaban J connectivity index is 1.72. The number of hydrogen-bond donors (Lipinski definition) is 1. The van der Waals surface area contributed by atoms with E-state index in [0.717, 1.165) is 0 Å². The molecule has 0 radical (unpaired) electrons. The van der Waals surface area contributed by atoms with E-state index in [1.165, 1.54) is 73.5 Å². The molecule has 1 aromatic heterocycles. The van der Waals surface area contributed by atoms with Crippen LogP contribution in [0.5, 0.6) is 0 Å². The maximum atomic E-state index is 6.35. The highest BCUT2D eigenvalue weighted by Gasteiger charge is 2.24. The summed E-state index contributed by atoms with van der Waals surface area (Å²) in [4.78, 5) is 0. The molecule has 2 atom stereocenters. The summed E-state index contributed by atoms with van der Waals surface area (Å²) < 4.78 is 2.48. The molecule has 20 heavy (non-hydrogen) atoms. The van der Waals surface area contributed by atoms with Crippen molar-refractivity contribution < 1.29 is 0 Å². The van der Waals surface area contributed by atoms with E-state index in [4.69, 9.17) is 5.73 Å². The highest BCUT2D eigenvalue weighted by molar-refractivity contribution is 5.87. The van der Waals surface area contributed by atoms with Crippen LogP contribution >= 0.6 is 0 Å². The zero-order valence-electron chi connectivity index (χ0n) is 12.1. The van der Waals surface area contributed by atoms with Crippen molar-refractivity contribution in [3.63, 3.8) is 0 Å². The molecule has 1 aliphatic heterocycles. The zero-order chi connectivity index (χ0) is 13.5. The first-order chi connectivity index (χ1) is 9.83. The van der Waals surface area contributed by atoms with E-state index in [9.17, 15) is 0 Å². The van der Waals surface area contributed by atoms with E-state index >= 15 is 0 Å². The minimum Gasteiger partial charge on any atom is -0.347 e. The van der Waals surface area contributed by atoms with E-state index in [0.29, 0.717) is 12.0 Å². The lowest BCUT2D eigenvalue weighted by Crippen LogP contribution is -2.34. The average Bonchev–Trinajstić information content (AvgIpc) is 2.82. The number of benzene rings is 1. The van der Waals surface area contributed by atoms with Crippen molar-refractivity contribution >= 4 is 10.9 Å². The van der Waals surface area contributed by atoms with Gasteiger partial charge in [0.2, 0.25) is 0 Å². The fourth-order valence-corrected chi connectivity index (χ4v) is 4.26. The molecule has 1 saturated carbocycles. The number of nitrogens with two attached hydrogens (primary N) is 1. The van der Waals surface area contributed by atoms with Crippen molar-refractivity contribution in [3.8, 4) is 0 Å². The quantitative estimate of drug-likeness (QED) is 0.885. The van der Waals surface area contributed by atoms with Crippen molar-refractivity contribution in [2.45, 2.75) is 57.5 Å². The SMILES string of the molecule is NC1CCCCC1Cc1cn2c3c(cccc13)CCC2. The van der Waals surface area contributed by atoms with Gasteiger partial charge in [0.15, 0.2) is 0 Å². The van der Waals surface area contributed by atoms with Crippen LogP contribution in [0.2, 0.25) is 0 Å². The zero-order valence-corrected chi connectivity index (χ0v) is 12.1. The van der Waals surface area contributed by atoms with Gasteiger partial charge in [0.25, 0.3) is 0 Å². The summed E-state index contributed by atoms with van der Waals surface area (Å²) >= 11 is 0. The minimum absolute atomic E-state index is 0.412. The van der Waals surface area contributed by atoms with Gasteiger partial charge in [-0.15, -0.1) is 0 Å². The first-order valence-corrected chi connectivity index (χ1v) is 8.18. The van der Waals surface area contributed by atoms with Crippen LogP contribution in [0.3, 0.4) is 0 Å². The van der Waals surface area contributed by atoms with Gasteiger partial charge >= 0.3 is 0 Å². The van der Waals surface area contributed by atoms with E-state index < -0.39 is 0 Å². The summed E-state index contributed by atoms with van der Waals surface area (Å²) in [5.74, 6) is 0.687. The lowest BCUT2D eigenvalue weighted by atomic mass is 9.81. The number of aryl methyl sites for hydroxylation is 2. The molecule has 2 heterocycles. The number of rotatable bonds is 2. The summed E-state index contributed by atoms with van der Waals surface area (Å²) in [6.45, 7) is 1.18. The predicted octanol–water partition coefficient (Wildman–Crippen LogP) is 3.65. The largest absolute Gasteiger partial charge is 0.347 e. The van der Waals surface area contributed by atoms with Gasteiger partial charge in [-0.3, -0.25) is 0 Å². The van der Waals surface area contributed by atoms with Gasteiger partial charge in [0.1, 0.15) is 0 Å². The number of nitrogens with zero attached hydrogens (tertiary/aromatic N) is 1. The molecule has 2 aromatic rings. The molecule has 2 nitrogen and oxygen atoms in total. The maximum Gasteiger partial charge on any atom is 0.0515 e. The van der Waals surface area contributed by atoms with Gasteiger partial charge in [-0.05, 0) is 49.1 Å². The van der Waals surface area contributed by atoms with Crippen LogP contribution < -0.4 is 5.73 Å². The summed E-state index contributed by atoms with van der Waals surface area (Å²) in [6.07, 6.45) is 11.3. The van der Waals surface area contributed by atoms with Crippen molar-refractivity contribution in [2.75, 3.05) is 0 Å². The second-order valence-electron chi connectivity index (χ2n) is 6.68. The molecule has 1 fully saturated rings. The molecule has 0 saturated heterocycles. The topological polar surface area (TPSA) is 30.9 Å². The second-order valence-corrected chi connectivity index (χ2v) is 6.68. The molecule has 0 spiro atoms. The van der Waals surface area contributed by atoms with Crippen LogP contribution in [0.1, 0.15) is 43.2 Å². The molecular weight excluding hydrogens is 244 g/mol. The van der Waals surface area contributed by atoms with Crippen LogP contribution in [0.4, 0.5) is 0 Å². The first-order valence-electron chi connectivity index (χ1n) is 8.18. The summed E-state index contributed by atoms with van der Waals surface area (Å²) in [5, 5.41) is 1.49. The smallest absolute Gasteiger partial charge is 0.0515 e. The van der Waals surface area contributed by atoms with Gasteiger partial charge < -0.3 is 10.3 Å². The van der Waals surface area contributed by atoms with Crippen LogP contribution in [0.25, 0.3) is 10.9 Å². The van der Waals surface area contributed by atoms with Crippen molar-refractivity contribution in [2.24, 2.45) is 11.7 Å². The van der Waals surface area contributed by atoms with Crippen LogP contribution in [-0.2, 0) is 19.4 Å². The molecule has 106 valence electrons. The summed E-state index contributed by atoms with van der Waals surface area (Å²) in [5.41, 5.74) is 10.9. The molecule has 1 aliphatic carbocycles. The molecule has 2 N–H and O–H groups in total. The van der Waals surface area contributed by atoms with Gasteiger partial charge in [-0.2, -0.15) is 0 Å². The Morgan fingerprint density at radius 1 is 1.15 bits per heavy atom. The molecule has 2 unspecified atom stereocenters. The highest BCUT2D eigenvalue weighted by atomic mass is 15.0. The fraction of sp³-hybridized carbons (Fsp3) is 0.556. The van der Waals surface area contributed by atoms with E-state index in [2.05, 4.69) is 29.0 Å². The number of aromatic nitrogens is 1. The van der Waals surface area contributed by atoms with Crippen LogP contribution in [-0.4, -0.2) is 10.6 Å². The lowest BCUT2D eigenvalue weighted by molar-refractivity contribution is 0.307. The Kier molecular flexibility index (Phi) is 3.07. The molecule has 2 heteroatoms. The third-order valence-electron chi connectivity index (χ3n) is 5.36. The van der Waals surface area contributed by atoms with Gasteiger partial charge in [0, 0.05) is 24.2 Å². The predicted molar refractivity (Wildman–Crippen MR) is 83.9 cm³/mol. The van der Waals surface area contributed by atoms with Crippen molar-refractivity contribution in [1.82, 2.24) is 4.57 Å². The van der Waals surface area contributed by atoms with Crippen molar-refractivity contribution in [3.05, 3.63) is 35.5 Å². The van der Waals surface area contributed by atoms with Crippen molar-refractivity contribution in [1.29, 1.82) is 0 Å². The van der Waals surface area contributed by atoms with Gasteiger partial charge in [-0.1, -0.05) is 31.0 Å². The molecule has 0 bridgehead atoms. The molecule has 0 amide bonds. The van der Waals surface area contributed by atoms with Crippen LogP contribution in [0.15, 0.2) is 24.4 Å². The number of para-hydroxylation sites is 1.